The third-order valence-electron chi connectivity index (χ3n) is 2.69. The molecule has 0 aliphatic carbocycles. The highest BCUT2D eigenvalue weighted by molar-refractivity contribution is 7.89. The molecule has 0 heterocycles. The minimum absolute atomic E-state index is 0.179. The van der Waals surface area contributed by atoms with Gasteiger partial charge in [-0.05, 0) is 25.5 Å². The van der Waals surface area contributed by atoms with E-state index in [1.807, 2.05) is 6.92 Å². The van der Waals surface area contributed by atoms with E-state index in [-0.39, 0.29) is 21.6 Å². The van der Waals surface area contributed by atoms with Gasteiger partial charge in [0.25, 0.3) is 0 Å². The second-order valence-electron chi connectivity index (χ2n) is 4.47. The van der Waals surface area contributed by atoms with Gasteiger partial charge < -0.3 is 5.73 Å². The van der Waals surface area contributed by atoms with Crippen molar-refractivity contribution in [1.82, 2.24) is 4.72 Å². The van der Waals surface area contributed by atoms with Gasteiger partial charge in [0.05, 0.1) is 10.7 Å². The summed E-state index contributed by atoms with van der Waals surface area (Å²) < 4.78 is 39.9. The highest BCUT2D eigenvalue weighted by Gasteiger charge is 2.21. The van der Waals surface area contributed by atoms with Crippen molar-refractivity contribution in [2.24, 2.45) is 0 Å². The molecule has 0 saturated heterocycles. The van der Waals surface area contributed by atoms with Crippen LogP contribution in [0.2, 0.25) is 5.02 Å². The molecular formula is C12H18ClFN2O2S. The van der Waals surface area contributed by atoms with Crippen molar-refractivity contribution in [3.63, 3.8) is 0 Å². The second kappa shape index (κ2) is 6.54. The Morgan fingerprint density at radius 3 is 2.68 bits per heavy atom. The number of nitrogens with one attached hydrogen (secondary N) is 1. The molecule has 0 saturated carbocycles. The molecule has 1 unspecified atom stereocenters. The van der Waals surface area contributed by atoms with E-state index < -0.39 is 15.8 Å². The fraction of sp³-hybridized carbons (Fsp3) is 0.500. The van der Waals surface area contributed by atoms with E-state index in [1.54, 1.807) is 6.92 Å². The number of hydrogen-bond donors (Lipinski definition) is 2. The SMILES string of the molecule is CCCCC(C)NS(=O)(=O)c1cc(N)c(F)cc1Cl. The predicted octanol–water partition coefficient (Wildman–Crippen LogP) is 2.92. The molecule has 0 aliphatic rings. The standard InChI is InChI=1S/C12H18ClFN2O2S/c1-3-4-5-8(2)16-19(17,18)12-7-11(15)10(14)6-9(12)13/h6-8,16H,3-5,15H2,1-2H3. The number of nitrogen functional groups attached to an aromatic ring is 1. The molecule has 0 bridgehead atoms. The Morgan fingerprint density at radius 2 is 2.11 bits per heavy atom. The summed E-state index contributed by atoms with van der Waals surface area (Å²) in [7, 11) is -3.79. The fourth-order valence-corrected chi connectivity index (χ4v) is 3.48. The van der Waals surface area contributed by atoms with Gasteiger partial charge >= 0.3 is 0 Å². The summed E-state index contributed by atoms with van der Waals surface area (Å²) in [5.41, 5.74) is 5.13. The van der Waals surface area contributed by atoms with Gasteiger partial charge in [0.2, 0.25) is 10.0 Å². The molecule has 1 aromatic carbocycles. The van der Waals surface area contributed by atoms with Crippen molar-refractivity contribution in [1.29, 1.82) is 0 Å². The van der Waals surface area contributed by atoms with Crippen molar-refractivity contribution in [3.8, 4) is 0 Å². The van der Waals surface area contributed by atoms with Gasteiger partial charge in [0, 0.05) is 6.04 Å². The summed E-state index contributed by atoms with van der Waals surface area (Å²) in [6.45, 7) is 3.80. The molecule has 4 nitrogen and oxygen atoms in total. The van der Waals surface area contributed by atoms with Crippen LogP contribution in [0.4, 0.5) is 10.1 Å². The number of benzene rings is 1. The lowest BCUT2D eigenvalue weighted by atomic mass is 10.2. The topological polar surface area (TPSA) is 72.2 Å². The van der Waals surface area contributed by atoms with Crippen LogP contribution in [0, 0.1) is 5.82 Å². The Balaban J connectivity index is 2.98. The number of unbranched alkanes of at least 4 members (excludes halogenated alkanes) is 1. The molecule has 3 N–H and O–H groups in total. The summed E-state index contributed by atoms with van der Waals surface area (Å²) in [5.74, 6) is -0.733. The van der Waals surface area contributed by atoms with E-state index in [4.69, 9.17) is 17.3 Å². The van der Waals surface area contributed by atoms with Gasteiger partial charge in [-0.25, -0.2) is 17.5 Å². The minimum atomic E-state index is -3.79. The van der Waals surface area contributed by atoms with E-state index in [9.17, 15) is 12.8 Å². The van der Waals surface area contributed by atoms with Crippen molar-refractivity contribution < 1.29 is 12.8 Å². The van der Waals surface area contributed by atoms with E-state index in [2.05, 4.69) is 4.72 Å². The van der Waals surface area contributed by atoms with Crippen LogP contribution in [0.1, 0.15) is 33.1 Å². The Bertz CT molecular complexity index is 549. The first kappa shape index (κ1) is 16.2. The average molecular weight is 309 g/mol. The van der Waals surface area contributed by atoms with Crippen molar-refractivity contribution in [2.45, 2.75) is 44.0 Å². The second-order valence-corrected chi connectivity index (χ2v) is 6.56. The molecule has 1 atom stereocenters. The number of sulfonamides is 1. The van der Waals surface area contributed by atoms with Gasteiger partial charge in [-0.1, -0.05) is 31.4 Å². The molecule has 0 fully saturated rings. The zero-order valence-corrected chi connectivity index (χ0v) is 12.5. The summed E-state index contributed by atoms with van der Waals surface area (Å²) >= 11 is 5.76. The zero-order valence-electron chi connectivity index (χ0n) is 10.9. The smallest absolute Gasteiger partial charge is 0.242 e. The monoisotopic (exact) mass is 308 g/mol. The first-order chi connectivity index (χ1) is 8.77. The normalized spacial score (nSPS) is 13.5. The van der Waals surface area contributed by atoms with Gasteiger partial charge in [-0.2, -0.15) is 0 Å². The van der Waals surface area contributed by atoms with Crippen LogP contribution in [0.15, 0.2) is 17.0 Å². The van der Waals surface area contributed by atoms with Crippen LogP contribution in [-0.4, -0.2) is 14.5 Å². The van der Waals surface area contributed by atoms with Gasteiger partial charge in [-0.15, -0.1) is 0 Å². The number of hydrogen-bond acceptors (Lipinski definition) is 3. The molecule has 0 aliphatic heterocycles. The third-order valence-corrected chi connectivity index (χ3v) is 4.74. The van der Waals surface area contributed by atoms with E-state index in [0.29, 0.717) is 0 Å². The van der Waals surface area contributed by atoms with Crippen molar-refractivity contribution in [2.75, 3.05) is 5.73 Å². The first-order valence-corrected chi connectivity index (χ1v) is 7.91. The molecule has 1 rings (SSSR count). The van der Waals surface area contributed by atoms with Crippen LogP contribution in [0.3, 0.4) is 0 Å². The largest absolute Gasteiger partial charge is 0.396 e. The Morgan fingerprint density at radius 1 is 1.47 bits per heavy atom. The number of rotatable bonds is 6. The molecule has 0 amide bonds. The number of nitrogens with two attached hydrogens (primary N) is 1. The summed E-state index contributed by atoms with van der Waals surface area (Å²) in [4.78, 5) is -0.198. The van der Waals surface area contributed by atoms with Crippen LogP contribution >= 0.6 is 11.6 Å². The summed E-state index contributed by atoms with van der Waals surface area (Å²) in [5, 5.41) is -0.179. The molecule has 0 radical (unpaired) electrons. The van der Waals surface area contributed by atoms with E-state index >= 15 is 0 Å². The lowest BCUT2D eigenvalue weighted by Gasteiger charge is -2.15. The lowest BCUT2D eigenvalue weighted by Crippen LogP contribution is -2.32. The first-order valence-electron chi connectivity index (χ1n) is 6.04. The van der Waals surface area contributed by atoms with Crippen LogP contribution in [0.25, 0.3) is 0 Å². The summed E-state index contributed by atoms with van der Waals surface area (Å²) in [6.07, 6.45) is 2.63. The Hall–Kier alpha value is -0.850. The minimum Gasteiger partial charge on any atom is -0.396 e. The zero-order chi connectivity index (χ0) is 14.6. The van der Waals surface area contributed by atoms with Crippen molar-refractivity contribution in [3.05, 3.63) is 23.0 Å². The molecule has 1 aromatic rings. The average Bonchev–Trinajstić information content (AvgIpc) is 2.30. The maximum absolute atomic E-state index is 13.2. The molecule has 19 heavy (non-hydrogen) atoms. The van der Waals surface area contributed by atoms with Crippen molar-refractivity contribution >= 4 is 27.3 Å². The fourth-order valence-electron chi connectivity index (χ4n) is 1.65. The number of anilines is 1. The van der Waals surface area contributed by atoms with Gasteiger partial charge in [-0.3, -0.25) is 0 Å². The van der Waals surface area contributed by atoms with Gasteiger partial charge in [0.15, 0.2) is 0 Å². The molecule has 0 spiro atoms. The Labute approximate surface area is 118 Å². The Kier molecular flexibility index (Phi) is 5.58. The van der Waals surface area contributed by atoms with Crippen LogP contribution in [-0.2, 0) is 10.0 Å². The van der Waals surface area contributed by atoms with E-state index in [1.165, 1.54) is 0 Å². The van der Waals surface area contributed by atoms with E-state index in [0.717, 1.165) is 31.4 Å². The third kappa shape index (κ3) is 4.33. The van der Waals surface area contributed by atoms with Crippen LogP contribution < -0.4 is 10.5 Å². The summed E-state index contributed by atoms with van der Waals surface area (Å²) in [6, 6.07) is 1.72. The number of halogens is 2. The quantitative estimate of drug-likeness (QED) is 0.794. The van der Waals surface area contributed by atoms with Crippen LogP contribution in [0.5, 0.6) is 0 Å². The molecule has 7 heteroatoms. The highest BCUT2D eigenvalue weighted by atomic mass is 35.5. The predicted molar refractivity (Wildman–Crippen MR) is 75.1 cm³/mol. The highest BCUT2D eigenvalue weighted by Crippen LogP contribution is 2.26. The molecule has 0 aromatic heterocycles. The maximum atomic E-state index is 13.2. The lowest BCUT2D eigenvalue weighted by molar-refractivity contribution is 0.534. The molecule has 108 valence electrons. The molecular weight excluding hydrogens is 291 g/mol. The maximum Gasteiger partial charge on any atom is 0.242 e. The van der Waals surface area contributed by atoms with Gasteiger partial charge in [0.1, 0.15) is 10.7 Å².